The summed E-state index contributed by atoms with van der Waals surface area (Å²) in [4.78, 5) is 12.0. The summed E-state index contributed by atoms with van der Waals surface area (Å²) in [5.41, 5.74) is 1.77. The highest BCUT2D eigenvalue weighted by Crippen LogP contribution is 2.20. The third-order valence-corrected chi connectivity index (χ3v) is 3.00. The van der Waals surface area contributed by atoms with E-state index < -0.39 is 0 Å². The van der Waals surface area contributed by atoms with Crippen LogP contribution in [0.4, 0.5) is 5.69 Å². The summed E-state index contributed by atoms with van der Waals surface area (Å²) in [7, 11) is 0. The molecule has 2 aromatic rings. The molecular weight excluding hydrogens is 278 g/mol. The van der Waals surface area contributed by atoms with Crippen LogP contribution in [0.2, 0.25) is 5.02 Å². The van der Waals surface area contributed by atoms with Gasteiger partial charge in [0, 0.05) is 16.8 Å². The van der Waals surface area contributed by atoms with Gasteiger partial charge < -0.3 is 10.1 Å². The third kappa shape index (κ3) is 3.45. The van der Waals surface area contributed by atoms with E-state index in [1.807, 2.05) is 19.9 Å². The van der Waals surface area contributed by atoms with Crippen molar-refractivity contribution in [1.29, 1.82) is 0 Å². The maximum atomic E-state index is 12.0. The highest BCUT2D eigenvalue weighted by Gasteiger charge is 2.09. The number of nitrogens with zero attached hydrogens (tertiary/aromatic N) is 2. The second-order valence-electron chi connectivity index (χ2n) is 4.11. The summed E-state index contributed by atoms with van der Waals surface area (Å²) in [6.07, 6.45) is 0. The summed E-state index contributed by atoms with van der Waals surface area (Å²) < 4.78 is 5.16. The smallest absolute Gasteiger partial charge is 0.276 e. The van der Waals surface area contributed by atoms with Crippen LogP contribution in [-0.2, 0) is 0 Å². The van der Waals surface area contributed by atoms with E-state index in [-0.39, 0.29) is 11.6 Å². The Kier molecular flexibility index (Phi) is 4.53. The van der Waals surface area contributed by atoms with Gasteiger partial charge in [-0.15, -0.1) is 10.2 Å². The first-order valence-electron chi connectivity index (χ1n) is 6.14. The summed E-state index contributed by atoms with van der Waals surface area (Å²) in [5, 5.41) is 10.9. The van der Waals surface area contributed by atoms with Crippen molar-refractivity contribution < 1.29 is 9.53 Å². The molecule has 1 heterocycles. The van der Waals surface area contributed by atoms with Gasteiger partial charge in [-0.3, -0.25) is 4.79 Å². The number of carbonyl (C=O) groups is 1. The van der Waals surface area contributed by atoms with Crippen molar-refractivity contribution in [2.24, 2.45) is 0 Å². The second kappa shape index (κ2) is 6.34. The van der Waals surface area contributed by atoms with E-state index >= 15 is 0 Å². The fourth-order valence-corrected chi connectivity index (χ4v) is 1.71. The topological polar surface area (TPSA) is 64.1 Å². The van der Waals surface area contributed by atoms with Crippen molar-refractivity contribution >= 4 is 23.2 Å². The van der Waals surface area contributed by atoms with Crippen LogP contribution in [0.5, 0.6) is 5.88 Å². The van der Waals surface area contributed by atoms with Crippen molar-refractivity contribution in [3.8, 4) is 5.88 Å². The fourth-order valence-electron chi connectivity index (χ4n) is 1.53. The largest absolute Gasteiger partial charge is 0.477 e. The molecule has 5 nitrogen and oxygen atoms in total. The minimum Gasteiger partial charge on any atom is -0.477 e. The van der Waals surface area contributed by atoms with Crippen LogP contribution in [0.15, 0.2) is 30.3 Å². The maximum Gasteiger partial charge on any atom is 0.276 e. The average molecular weight is 292 g/mol. The zero-order valence-electron chi connectivity index (χ0n) is 11.2. The lowest BCUT2D eigenvalue weighted by atomic mass is 10.2. The van der Waals surface area contributed by atoms with E-state index in [2.05, 4.69) is 15.5 Å². The lowest BCUT2D eigenvalue weighted by molar-refractivity contribution is 0.102. The average Bonchev–Trinajstić information content (AvgIpc) is 2.44. The predicted octanol–water partition coefficient (Wildman–Crippen LogP) is 3.09. The van der Waals surface area contributed by atoms with Gasteiger partial charge in [0.15, 0.2) is 5.69 Å². The first-order valence-corrected chi connectivity index (χ1v) is 6.52. The number of carbonyl (C=O) groups excluding carboxylic acids is 1. The lowest BCUT2D eigenvalue weighted by Crippen LogP contribution is -2.14. The Labute approximate surface area is 121 Å². The molecule has 1 N–H and O–H groups in total. The Morgan fingerprint density at radius 3 is 2.70 bits per heavy atom. The first-order chi connectivity index (χ1) is 9.60. The molecule has 0 saturated heterocycles. The summed E-state index contributed by atoms with van der Waals surface area (Å²) in [6.45, 7) is 4.25. The number of aromatic nitrogens is 2. The number of hydrogen-bond donors (Lipinski definition) is 1. The van der Waals surface area contributed by atoms with Crippen LogP contribution in [0.1, 0.15) is 23.0 Å². The normalized spacial score (nSPS) is 10.2. The molecule has 20 heavy (non-hydrogen) atoms. The summed E-state index contributed by atoms with van der Waals surface area (Å²) >= 11 is 6.00. The number of aryl methyl sites for hydroxylation is 1. The molecule has 0 bridgehead atoms. The first kappa shape index (κ1) is 14.3. The molecular formula is C14H14ClN3O2. The van der Waals surface area contributed by atoms with Gasteiger partial charge in [0.25, 0.3) is 5.91 Å². The molecule has 0 saturated carbocycles. The number of amides is 1. The van der Waals surface area contributed by atoms with Gasteiger partial charge >= 0.3 is 0 Å². The van der Waals surface area contributed by atoms with E-state index in [1.165, 1.54) is 0 Å². The van der Waals surface area contributed by atoms with E-state index in [9.17, 15) is 4.79 Å². The van der Waals surface area contributed by atoms with Crippen molar-refractivity contribution in [3.63, 3.8) is 0 Å². The van der Waals surface area contributed by atoms with Crippen molar-refractivity contribution in [3.05, 3.63) is 46.6 Å². The number of nitrogens with one attached hydrogen (secondary N) is 1. The van der Waals surface area contributed by atoms with Gasteiger partial charge in [-0.1, -0.05) is 17.7 Å². The minimum absolute atomic E-state index is 0.213. The highest BCUT2D eigenvalue weighted by molar-refractivity contribution is 6.31. The molecule has 0 aliphatic carbocycles. The molecule has 0 fully saturated rings. The third-order valence-electron chi connectivity index (χ3n) is 2.59. The van der Waals surface area contributed by atoms with E-state index in [1.54, 1.807) is 24.3 Å². The lowest BCUT2D eigenvalue weighted by Gasteiger charge is -2.06. The maximum absolute atomic E-state index is 12.0. The number of halogens is 1. The molecule has 2 rings (SSSR count). The quantitative estimate of drug-likeness (QED) is 0.940. The zero-order valence-corrected chi connectivity index (χ0v) is 11.9. The highest BCUT2D eigenvalue weighted by atomic mass is 35.5. The number of ether oxygens (including phenoxy) is 1. The number of rotatable bonds is 4. The molecule has 0 aliphatic heterocycles. The van der Waals surface area contributed by atoms with Gasteiger partial charge in [0.1, 0.15) is 0 Å². The molecule has 6 heteroatoms. The Balaban J connectivity index is 2.09. The fraction of sp³-hybridized carbons (Fsp3) is 0.214. The van der Waals surface area contributed by atoms with Crippen molar-refractivity contribution in [2.75, 3.05) is 11.9 Å². The van der Waals surface area contributed by atoms with Gasteiger partial charge in [-0.25, -0.2) is 0 Å². The molecule has 1 aromatic heterocycles. The number of benzene rings is 1. The molecule has 104 valence electrons. The Hall–Kier alpha value is -2.14. The molecule has 1 amide bonds. The number of anilines is 1. The monoisotopic (exact) mass is 291 g/mol. The van der Waals surface area contributed by atoms with Crippen LogP contribution in [-0.4, -0.2) is 22.7 Å². The van der Waals surface area contributed by atoms with Crippen LogP contribution in [0.25, 0.3) is 0 Å². The van der Waals surface area contributed by atoms with Gasteiger partial charge in [-0.2, -0.15) is 0 Å². The second-order valence-corrected chi connectivity index (χ2v) is 4.52. The molecule has 0 unspecified atom stereocenters. The van der Waals surface area contributed by atoms with Crippen molar-refractivity contribution in [1.82, 2.24) is 10.2 Å². The number of hydrogen-bond acceptors (Lipinski definition) is 4. The minimum atomic E-state index is -0.347. The van der Waals surface area contributed by atoms with Gasteiger partial charge in [-0.05, 0) is 37.6 Å². The SMILES string of the molecule is CCOc1ccc(C(=O)Nc2ccc(C)c(Cl)c2)nn1. The van der Waals surface area contributed by atoms with E-state index in [0.29, 0.717) is 23.2 Å². The van der Waals surface area contributed by atoms with E-state index in [0.717, 1.165) is 5.56 Å². The molecule has 0 radical (unpaired) electrons. The molecule has 1 aromatic carbocycles. The Bertz CT molecular complexity index is 614. The molecule has 0 atom stereocenters. The summed E-state index contributed by atoms with van der Waals surface area (Å²) in [5.74, 6) is 0.0444. The molecule has 0 spiro atoms. The summed E-state index contributed by atoms with van der Waals surface area (Å²) in [6, 6.07) is 8.47. The van der Waals surface area contributed by atoms with Crippen LogP contribution in [0, 0.1) is 6.92 Å². The Morgan fingerprint density at radius 1 is 1.30 bits per heavy atom. The standard InChI is InChI=1S/C14H14ClN3O2/c1-3-20-13-7-6-12(17-18-13)14(19)16-10-5-4-9(2)11(15)8-10/h4-8H,3H2,1-2H3,(H,16,19). The van der Waals surface area contributed by atoms with Crippen molar-refractivity contribution in [2.45, 2.75) is 13.8 Å². The predicted molar refractivity (Wildman–Crippen MR) is 77.3 cm³/mol. The van der Waals surface area contributed by atoms with Crippen LogP contribution < -0.4 is 10.1 Å². The van der Waals surface area contributed by atoms with Gasteiger partial charge in [0.05, 0.1) is 6.61 Å². The van der Waals surface area contributed by atoms with Gasteiger partial charge in [0.2, 0.25) is 5.88 Å². The van der Waals surface area contributed by atoms with Crippen LogP contribution >= 0.6 is 11.6 Å². The van der Waals surface area contributed by atoms with Crippen LogP contribution in [0.3, 0.4) is 0 Å². The Morgan fingerprint density at radius 2 is 2.10 bits per heavy atom. The molecule has 0 aliphatic rings. The zero-order chi connectivity index (χ0) is 14.5. The van der Waals surface area contributed by atoms with E-state index in [4.69, 9.17) is 16.3 Å².